The van der Waals surface area contributed by atoms with Crippen molar-refractivity contribution in [1.82, 2.24) is 13.6 Å². The van der Waals surface area contributed by atoms with E-state index in [0.29, 0.717) is 32.7 Å². The van der Waals surface area contributed by atoms with Gasteiger partial charge in [0.2, 0.25) is 0 Å². The lowest BCUT2D eigenvalue weighted by atomic mass is 9.98. The molecule has 3 heterocycles. The highest BCUT2D eigenvalue weighted by Gasteiger charge is 2.49. The maximum absolute atomic E-state index is 12.3. The molecule has 3 rings (SSSR count). The second-order valence-corrected chi connectivity index (χ2v) is 9.72. The number of halogens is 3. The van der Waals surface area contributed by atoms with Gasteiger partial charge in [-0.1, -0.05) is 6.07 Å². The van der Waals surface area contributed by atoms with Crippen LogP contribution in [0, 0.1) is 6.92 Å². The molecule has 0 amide bonds. The number of carboxylic acid groups (broad SMARTS) is 1. The van der Waals surface area contributed by atoms with E-state index in [1.54, 1.807) is 14.1 Å². The first kappa shape index (κ1) is 25.5. The molecule has 2 fully saturated rings. The number of aryl methyl sites for hydroxylation is 1. The van der Waals surface area contributed by atoms with Gasteiger partial charge < -0.3 is 14.6 Å². The summed E-state index contributed by atoms with van der Waals surface area (Å²) < 4.78 is 70.9. The molecule has 2 atom stereocenters. The summed E-state index contributed by atoms with van der Waals surface area (Å²) >= 11 is 0. The van der Waals surface area contributed by atoms with Crippen molar-refractivity contribution >= 4 is 16.2 Å². The van der Waals surface area contributed by atoms with Gasteiger partial charge in [0.15, 0.2) is 0 Å². The van der Waals surface area contributed by atoms with Crippen LogP contribution in [0.3, 0.4) is 0 Å². The SMILES string of the molecule is Cc1cccc(CO[C@@H]2CO[C@@]3(CCN(S(=O)(=O)N(C)C)C3)C2)n1.O=C(O)C(F)(F)F. The number of aromatic nitrogens is 1. The van der Waals surface area contributed by atoms with Gasteiger partial charge in [0.05, 0.1) is 30.6 Å². The summed E-state index contributed by atoms with van der Waals surface area (Å²) in [7, 11) is -0.277. The van der Waals surface area contributed by atoms with Gasteiger partial charge in [-0.25, -0.2) is 4.79 Å². The van der Waals surface area contributed by atoms with Gasteiger partial charge in [0.25, 0.3) is 10.2 Å². The number of alkyl halides is 3. The summed E-state index contributed by atoms with van der Waals surface area (Å²) in [6.07, 6.45) is -3.67. The number of pyridine rings is 1. The molecule has 176 valence electrons. The minimum atomic E-state index is -5.08. The Hall–Kier alpha value is -1.80. The Labute approximate surface area is 178 Å². The second kappa shape index (κ2) is 9.77. The lowest BCUT2D eigenvalue weighted by Crippen LogP contribution is -2.41. The quantitative estimate of drug-likeness (QED) is 0.697. The third-order valence-electron chi connectivity index (χ3n) is 4.90. The topological polar surface area (TPSA) is 109 Å². The van der Waals surface area contributed by atoms with Crippen LogP contribution in [0.15, 0.2) is 18.2 Å². The zero-order chi connectivity index (χ0) is 23.4. The first-order valence-corrected chi connectivity index (χ1v) is 10.8. The smallest absolute Gasteiger partial charge is 0.475 e. The molecule has 9 nitrogen and oxygen atoms in total. The van der Waals surface area contributed by atoms with E-state index in [0.717, 1.165) is 17.8 Å². The van der Waals surface area contributed by atoms with E-state index in [1.807, 2.05) is 25.1 Å². The summed E-state index contributed by atoms with van der Waals surface area (Å²) in [5.74, 6) is -2.76. The van der Waals surface area contributed by atoms with Crippen LogP contribution in [-0.4, -0.2) is 84.8 Å². The number of aliphatic carboxylic acids is 1. The lowest BCUT2D eigenvalue weighted by Gasteiger charge is -2.24. The van der Waals surface area contributed by atoms with Crippen LogP contribution in [0.2, 0.25) is 0 Å². The monoisotopic (exact) mass is 469 g/mol. The minimum Gasteiger partial charge on any atom is -0.475 e. The lowest BCUT2D eigenvalue weighted by molar-refractivity contribution is -0.192. The van der Waals surface area contributed by atoms with Gasteiger partial charge in [-0.05, 0) is 25.5 Å². The summed E-state index contributed by atoms with van der Waals surface area (Å²) in [5.41, 5.74) is 1.46. The van der Waals surface area contributed by atoms with Gasteiger partial charge in [-0.15, -0.1) is 0 Å². The Morgan fingerprint density at radius 3 is 2.61 bits per heavy atom. The van der Waals surface area contributed by atoms with Crippen LogP contribution in [0.5, 0.6) is 0 Å². The molecule has 2 aliphatic rings. The predicted octanol–water partition coefficient (Wildman–Crippen LogP) is 1.58. The Balaban J connectivity index is 0.000000423. The predicted molar refractivity (Wildman–Crippen MR) is 103 cm³/mol. The molecule has 0 aliphatic carbocycles. The molecule has 2 saturated heterocycles. The van der Waals surface area contributed by atoms with Crippen molar-refractivity contribution in [2.75, 3.05) is 33.8 Å². The molecule has 13 heteroatoms. The first-order valence-electron chi connectivity index (χ1n) is 9.41. The molecule has 1 N–H and O–H groups in total. The van der Waals surface area contributed by atoms with Gasteiger partial charge in [0, 0.05) is 39.3 Å². The van der Waals surface area contributed by atoms with Crippen molar-refractivity contribution < 1.29 is 41.0 Å². The third kappa shape index (κ3) is 6.84. The fourth-order valence-corrected chi connectivity index (χ4v) is 4.50. The maximum atomic E-state index is 12.3. The van der Waals surface area contributed by atoms with E-state index < -0.39 is 28.0 Å². The molecule has 31 heavy (non-hydrogen) atoms. The molecule has 1 aromatic rings. The fourth-order valence-electron chi connectivity index (χ4n) is 3.31. The van der Waals surface area contributed by atoms with E-state index in [4.69, 9.17) is 19.4 Å². The van der Waals surface area contributed by atoms with E-state index in [-0.39, 0.29) is 6.10 Å². The number of rotatable bonds is 5. The Morgan fingerprint density at radius 2 is 2.06 bits per heavy atom. The van der Waals surface area contributed by atoms with E-state index in [9.17, 15) is 21.6 Å². The van der Waals surface area contributed by atoms with Gasteiger partial charge in [0.1, 0.15) is 0 Å². The zero-order valence-corrected chi connectivity index (χ0v) is 18.2. The zero-order valence-electron chi connectivity index (χ0n) is 17.4. The van der Waals surface area contributed by atoms with E-state index in [2.05, 4.69) is 4.98 Å². The van der Waals surface area contributed by atoms with Crippen LogP contribution >= 0.6 is 0 Å². The number of hydrogen-bond donors (Lipinski definition) is 1. The Kier molecular flexibility index (Phi) is 8.03. The molecular weight excluding hydrogens is 443 g/mol. The molecule has 0 unspecified atom stereocenters. The highest BCUT2D eigenvalue weighted by molar-refractivity contribution is 7.86. The van der Waals surface area contributed by atoms with Crippen LogP contribution in [-0.2, 0) is 31.1 Å². The van der Waals surface area contributed by atoms with Crippen LogP contribution in [0.4, 0.5) is 13.2 Å². The van der Waals surface area contributed by atoms with E-state index >= 15 is 0 Å². The largest absolute Gasteiger partial charge is 0.490 e. The van der Waals surface area contributed by atoms with Crippen molar-refractivity contribution in [3.05, 3.63) is 29.6 Å². The molecular formula is C18H26F3N3O6S. The molecule has 2 aliphatic heterocycles. The minimum absolute atomic E-state index is 0.0191. The number of carbonyl (C=O) groups is 1. The number of nitrogens with zero attached hydrogens (tertiary/aromatic N) is 3. The number of carboxylic acids is 1. The van der Waals surface area contributed by atoms with Gasteiger partial charge in [-0.3, -0.25) is 4.98 Å². The summed E-state index contributed by atoms with van der Waals surface area (Å²) in [5, 5.41) is 7.12. The standard InChI is InChI=1S/C16H25N3O4S.C2HF3O2/c1-13-5-4-6-14(17-13)10-22-15-9-16(23-11-15)7-8-19(12-16)24(20,21)18(2)3;3-2(4,5)1(6)7/h4-6,15H,7-12H2,1-3H3;(H,6,7)/t15-,16-;/m0./s1. The molecule has 0 bridgehead atoms. The second-order valence-electron chi connectivity index (χ2n) is 7.58. The van der Waals surface area contributed by atoms with Crippen molar-refractivity contribution in [3.63, 3.8) is 0 Å². The average Bonchev–Trinajstić information content (AvgIpc) is 3.27. The normalized spacial score (nSPS) is 24.4. The summed E-state index contributed by atoms with van der Waals surface area (Å²) in [4.78, 5) is 13.3. The van der Waals surface area contributed by atoms with Gasteiger partial charge >= 0.3 is 12.1 Å². The van der Waals surface area contributed by atoms with Crippen LogP contribution in [0.25, 0.3) is 0 Å². The molecule has 0 aromatic carbocycles. The van der Waals surface area contributed by atoms with Crippen molar-refractivity contribution in [3.8, 4) is 0 Å². The molecule has 1 spiro atoms. The van der Waals surface area contributed by atoms with Crippen molar-refractivity contribution in [2.24, 2.45) is 0 Å². The molecule has 0 radical (unpaired) electrons. The Bertz CT molecular complexity index is 881. The van der Waals surface area contributed by atoms with Crippen molar-refractivity contribution in [1.29, 1.82) is 0 Å². The fraction of sp³-hybridized carbons (Fsp3) is 0.667. The van der Waals surface area contributed by atoms with Crippen molar-refractivity contribution in [2.45, 2.75) is 44.3 Å². The summed E-state index contributed by atoms with van der Waals surface area (Å²) in [6, 6.07) is 5.86. The first-order chi connectivity index (χ1) is 14.2. The summed E-state index contributed by atoms with van der Waals surface area (Å²) in [6.45, 7) is 3.80. The number of hydrogen-bond acceptors (Lipinski definition) is 6. The van der Waals surface area contributed by atoms with E-state index in [1.165, 1.54) is 8.61 Å². The van der Waals surface area contributed by atoms with Crippen LogP contribution < -0.4 is 0 Å². The highest BCUT2D eigenvalue weighted by atomic mass is 32.2. The maximum Gasteiger partial charge on any atom is 0.490 e. The number of ether oxygens (including phenoxy) is 2. The highest BCUT2D eigenvalue weighted by Crippen LogP contribution is 2.37. The van der Waals surface area contributed by atoms with Crippen LogP contribution in [0.1, 0.15) is 24.2 Å². The third-order valence-corrected chi connectivity index (χ3v) is 6.79. The molecule has 0 saturated carbocycles. The molecule has 1 aromatic heterocycles. The Morgan fingerprint density at radius 1 is 1.42 bits per heavy atom. The van der Waals surface area contributed by atoms with Gasteiger partial charge in [-0.2, -0.15) is 30.2 Å². The average molecular weight is 469 g/mol.